The lowest BCUT2D eigenvalue weighted by molar-refractivity contribution is -0.140. The lowest BCUT2D eigenvalue weighted by Gasteiger charge is -2.32. The van der Waals surface area contributed by atoms with E-state index in [9.17, 15) is 33.6 Å². The van der Waals surface area contributed by atoms with E-state index in [0.717, 1.165) is 6.54 Å². The van der Waals surface area contributed by atoms with E-state index in [1.165, 1.54) is 0 Å². The maximum Gasteiger partial charge on any atom is 0.317 e. The summed E-state index contributed by atoms with van der Waals surface area (Å²) in [6.45, 7) is 10.1. The van der Waals surface area contributed by atoms with Gasteiger partial charge in [0, 0.05) is 58.3 Å². The minimum atomic E-state index is -1.04. The number of carboxylic acid groups (broad SMARTS) is 3. The lowest BCUT2D eigenvalue weighted by Crippen LogP contribution is -2.48. The number of nitrogens with zero attached hydrogens (tertiary/aromatic N) is 4. The molecular weight excluding hydrogens is 570 g/mol. The number of nitrogens with two attached hydrogens (primary N) is 1. The van der Waals surface area contributed by atoms with Crippen LogP contribution >= 0.6 is 0 Å². The average molecular weight is 618 g/mol. The molecule has 0 saturated carbocycles. The van der Waals surface area contributed by atoms with Crippen molar-refractivity contribution in [1.82, 2.24) is 30.2 Å². The van der Waals surface area contributed by atoms with Crippen LogP contribution in [0.25, 0.3) is 0 Å². The molecule has 17 nitrogen and oxygen atoms in total. The van der Waals surface area contributed by atoms with E-state index in [0.29, 0.717) is 58.8 Å². The van der Waals surface area contributed by atoms with Crippen LogP contribution < -0.4 is 16.4 Å². The Morgan fingerprint density at radius 3 is 1.40 bits per heavy atom. The second kappa shape index (κ2) is 21.9. The molecule has 3 amide bonds. The van der Waals surface area contributed by atoms with E-state index in [1.54, 1.807) is 18.7 Å². The van der Waals surface area contributed by atoms with E-state index in [4.69, 9.17) is 21.1 Å². The third kappa shape index (κ3) is 20.0. The SMILES string of the molecule is CC(C)C(=O)CNC(=O)C(CC(N)=O)NC=O.CCN1CCN(CC(=O)O)CCN(CC(=O)O)CCN(CC(=O)O)CC1. The third-order valence-electron chi connectivity index (χ3n) is 6.53. The average Bonchev–Trinajstić information content (AvgIpc) is 2.90. The zero-order valence-corrected chi connectivity index (χ0v) is 25.2. The summed E-state index contributed by atoms with van der Waals surface area (Å²) in [7, 11) is 0. The Hall–Kier alpha value is -3.67. The highest BCUT2D eigenvalue weighted by Gasteiger charge is 2.21. The summed E-state index contributed by atoms with van der Waals surface area (Å²) >= 11 is 0. The van der Waals surface area contributed by atoms with Gasteiger partial charge in [-0.15, -0.1) is 0 Å². The van der Waals surface area contributed by atoms with Crippen LogP contribution in [0.2, 0.25) is 0 Å². The first kappa shape index (κ1) is 39.3. The summed E-state index contributed by atoms with van der Waals surface area (Å²) in [6, 6.07) is -1.04. The van der Waals surface area contributed by atoms with Crippen molar-refractivity contribution in [2.45, 2.75) is 33.2 Å². The second-order valence-corrected chi connectivity index (χ2v) is 10.3. The van der Waals surface area contributed by atoms with Crippen molar-refractivity contribution < 1.29 is 48.9 Å². The molecule has 1 unspecified atom stereocenters. The minimum Gasteiger partial charge on any atom is -0.480 e. The van der Waals surface area contributed by atoms with E-state index in [1.807, 2.05) is 16.7 Å². The number of likely N-dealkylation sites (N-methyl/N-ethyl adjacent to an activating group) is 1. The molecule has 0 aromatic rings. The summed E-state index contributed by atoms with van der Waals surface area (Å²) in [5.74, 6) is -4.41. The number of hydrogen-bond acceptors (Lipinski definition) is 11. The topological polar surface area (TPSA) is 243 Å². The summed E-state index contributed by atoms with van der Waals surface area (Å²) < 4.78 is 0. The maximum absolute atomic E-state index is 11.5. The van der Waals surface area contributed by atoms with Crippen molar-refractivity contribution >= 4 is 41.9 Å². The van der Waals surface area contributed by atoms with Gasteiger partial charge in [0.1, 0.15) is 6.04 Å². The van der Waals surface area contributed by atoms with Crippen molar-refractivity contribution in [2.75, 3.05) is 85.1 Å². The zero-order valence-electron chi connectivity index (χ0n) is 25.2. The quantitative estimate of drug-likeness (QED) is 0.0992. The number of amides is 3. The van der Waals surface area contributed by atoms with Gasteiger partial charge in [-0.3, -0.25) is 48.3 Å². The fourth-order valence-corrected chi connectivity index (χ4v) is 3.96. The molecule has 1 saturated heterocycles. The Labute approximate surface area is 251 Å². The van der Waals surface area contributed by atoms with Crippen LogP contribution in [-0.4, -0.2) is 168 Å². The number of Topliss-reactive ketones (excluding diaryl/α,β-unsaturated/α-hetero) is 1. The van der Waals surface area contributed by atoms with E-state index in [-0.39, 0.29) is 44.3 Å². The largest absolute Gasteiger partial charge is 0.480 e. The minimum absolute atomic E-state index is 0.0798. The number of primary amides is 1. The van der Waals surface area contributed by atoms with Crippen molar-refractivity contribution in [3.8, 4) is 0 Å². The Morgan fingerprint density at radius 1 is 0.744 bits per heavy atom. The first-order valence-corrected chi connectivity index (χ1v) is 14.0. The van der Waals surface area contributed by atoms with Gasteiger partial charge in [0.25, 0.3) is 0 Å². The molecule has 43 heavy (non-hydrogen) atoms. The standard InChI is InChI=1S/C16H30N4O6.C10H17N3O4/c1-2-17-3-5-18(11-14(21)22)7-9-20(13-16(25)26)10-8-19(6-4-17)12-15(23)24;1-6(2)8(15)4-12-10(17)7(13-5-14)3-9(11)16/h2-13H2,1H3,(H,21,22)(H,23,24)(H,25,26);5-7H,3-4H2,1-2H3,(H2,11,16)(H,12,17)(H,13,14). The summed E-state index contributed by atoms with van der Waals surface area (Å²) in [6.07, 6.45) is -0.00209. The molecule has 0 aliphatic carbocycles. The van der Waals surface area contributed by atoms with Gasteiger partial charge in [-0.05, 0) is 6.54 Å². The molecule has 1 fully saturated rings. The molecule has 0 bridgehead atoms. The van der Waals surface area contributed by atoms with Crippen LogP contribution in [0, 0.1) is 5.92 Å². The molecule has 1 rings (SSSR count). The van der Waals surface area contributed by atoms with Gasteiger partial charge in [0.05, 0.1) is 32.6 Å². The molecule has 0 spiro atoms. The van der Waals surface area contributed by atoms with Gasteiger partial charge in [-0.2, -0.15) is 0 Å². The fourth-order valence-electron chi connectivity index (χ4n) is 3.96. The Balaban J connectivity index is 0.000000901. The predicted octanol–water partition coefficient (Wildman–Crippen LogP) is -3.20. The van der Waals surface area contributed by atoms with Crippen LogP contribution in [0.3, 0.4) is 0 Å². The summed E-state index contributed by atoms with van der Waals surface area (Å²) in [5, 5.41) is 31.7. The molecule has 246 valence electrons. The van der Waals surface area contributed by atoms with Crippen molar-refractivity contribution in [2.24, 2.45) is 11.7 Å². The molecule has 1 aliphatic rings. The van der Waals surface area contributed by atoms with Crippen LogP contribution in [0.5, 0.6) is 0 Å². The third-order valence-corrected chi connectivity index (χ3v) is 6.53. The number of rotatable bonds is 15. The van der Waals surface area contributed by atoms with Gasteiger partial charge >= 0.3 is 17.9 Å². The zero-order chi connectivity index (χ0) is 32.9. The number of aliphatic carboxylic acids is 3. The van der Waals surface area contributed by atoms with Crippen molar-refractivity contribution in [1.29, 1.82) is 0 Å². The molecule has 0 aromatic heterocycles. The fraction of sp³-hybridized carbons (Fsp3) is 0.731. The molecular formula is C26H47N7O10. The molecule has 1 aliphatic heterocycles. The first-order chi connectivity index (χ1) is 20.2. The number of carbonyl (C=O) groups is 7. The number of carboxylic acids is 3. The number of hydrogen-bond donors (Lipinski definition) is 6. The van der Waals surface area contributed by atoms with Gasteiger partial charge in [0.2, 0.25) is 18.2 Å². The summed E-state index contributed by atoms with van der Waals surface area (Å²) in [5.41, 5.74) is 4.92. The van der Waals surface area contributed by atoms with E-state index >= 15 is 0 Å². The van der Waals surface area contributed by atoms with Crippen LogP contribution in [-0.2, 0) is 33.6 Å². The van der Waals surface area contributed by atoms with Crippen molar-refractivity contribution in [3.63, 3.8) is 0 Å². The molecule has 0 radical (unpaired) electrons. The lowest BCUT2D eigenvalue weighted by atomic mass is 10.1. The number of nitrogens with one attached hydrogen (secondary N) is 2. The number of ketones is 1. The molecule has 17 heteroatoms. The molecule has 7 N–H and O–H groups in total. The van der Waals surface area contributed by atoms with Crippen molar-refractivity contribution in [3.05, 3.63) is 0 Å². The van der Waals surface area contributed by atoms with Crippen LogP contribution in [0.1, 0.15) is 27.2 Å². The predicted molar refractivity (Wildman–Crippen MR) is 154 cm³/mol. The monoisotopic (exact) mass is 617 g/mol. The van der Waals surface area contributed by atoms with E-state index < -0.39 is 35.8 Å². The normalized spacial score (nSPS) is 16.8. The number of carbonyl (C=O) groups excluding carboxylic acids is 4. The highest BCUT2D eigenvalue weighted by molar-refractivity contribution is 5.92. The summed E-state index contributed by atoms with van der Waals surface area (Å²) in [4.78, 5) is 84.4. The van der Waals surface area contributed by atoms with Gasteiger partial charge < -0.3 is 36.6 Å². The van der Waals surface area contributed by atoms with Crippen LogP contribution in [0.4, 0.5) is 0 Å². The molecule has 0 aromatic carbocycles. The highest BCUT2D eigenvalue weighted by Crippen LogP contribution is 2.01. The van der Waals surface area contributed by atoms with E-state index in [2.05, 4.69) is 15.5 Å². The Morgan fingerprint density at radius 2 is 1.12 bits per heavy atom. The van der Waals surface area contributed by atoms with Gasteiger partial charge in [-0.1, -0.05) is 20.8 Å². The maximum atomic E-state index is 11.5. The Bertz CT molecular complexity index is 902. The highest BCUT2D eigenvalue weighted by atomic mass is 16.4. The Kier molecular flexibility index (Phi) is 20.1. The second-order valence-electron chi connectivity index (χ2n) is 10.3. The van der Waals surface area contributed by atoms with Crippen LogP contribution in [0.15, 0.2) is 0 Å². The van der Waals surface area contributed by atoms with Gasteiger partial charge in [0.15, 0.2) is 5.78 Å². The van der Waals surface area contributed by atoms with Gasteiger partial charge in [-0.25, -0.2) is 0 Å². The molecule has 1 atom stereocenters. The smallest absolute Gasteiger partial charge is 0.317 e. The molecule has 1 heterocycles. The first-order valence-electron chi connectivity index (χ1n) is 14.0.